The zero-order valence-electron chi connectivity index (χ0n) is 11.7. The first kappa shape index (κ1) is 16.9. The van der Waals surface area contributed by atoms with E-state index in [-0.39, 0.29) is 25.5 Å². The van der Waals surface area contributed by atoms with Crippen molar-refractivity contribution in [2.24, 2.45) is 0 Å². The average Bonchev–Trinajstić information content (AvgIpc) is 2.38. The first-order valence-corrected chi connectivity index (χ1v) is 8.00. The van der Waals surface area contributed by atoms with Gasteiger partial charge in [-0.1, -0.05) is 0 Å². The number of likely N-dealkylation sites (N-methyl/N-ethyl adjacent to an activating group) is 1. The molecule has 0 spiro atoms. The molecule has 1 aliphatic rings. The largest absolute Gasteiger partial charge is 0.480 e. The maximum absolute atomic E-state index is 12.0. The molecule has 0 aliphatic carbocycles. The van der Waals surface area contributed by atoms with Gasteiger partial charge >= 0.3 is 5.97 Å². The second-order valence-electron chi connectivity index (χ2n) is 4.65. The van der Waals surface area contributed by atoms with E-state index in [1.807, 2.05) is 11.8 Å². The molecule has 1 rings (SSSR count). The van der Waals surface area contributed by atoms with Crippen LogP contribution in [0.2, 0.25) is 0 Å². The number of hydrogen-bond acceptors (Lipinski definition) is 5. The summed E-state index contributed by atoms with van der Waals surface area (Å²) in [5.74, 6) is -1.45. The molecule has 0 bridgehead atoms. The average molecular weight is 307 g/mol. The molecule has 1 amide bonds. The van der Waals surface area contributed by atoms with Crippen LogP contribution in [0.5, 0.6) is 0 Å². The first-order chi connectivity index (χ1) is 9.28. The summed E-state index contributed by atoms with van der Waals surface area (Å²) in [6.07, 6.45) is 0. The molecule has 116 valence electrons. The molecular weight excluding hydrogens is 286 g/mol. The zero-order valence-corrected chi connectivity index (χ0v) is 12.5. The predicted octanol–water partition coefficient (Wildman–Crippen LogP) is -1.46. The third kappa shape index (κ3) is 4.15. The van der Waals surface area contributed by atoms with E-state index in [4.69, 9.17) is 5.11 Å². The number of carboxylic acids is 1. The molecule has 1 saturated heterocycles. The molecular formula is C11H21N3O5S. The van der Waals surface area contributed by atoms with Gasteiger partial charge in [-0.25, -0.2) is 8.42 Å². The quantitative estimate of drug-likeness (QED) is 0.621. The molecule has 0 saturated carbocycles. The van der Waals surface area contributed by atoms with E-state index in [2.05, 4.69) is 5.32 Å². The molecule has 2 N–H and O–H groups in total. The molecule has 1 atom stereocenters. The lowest BCUT2D eigenvalue weighted by molar-refractivity contribution is -0.136. The predicted molar refractivity (Wildman–Crippen MR) is 72.7 cm³/mol. The molecule has 8 nitrogen and oxygen atoms in total. The molecule has 1 fully saturated rings. The highest BCUT2D eigenvalue weighted by Crippen LogP contribution is 2.12. The molecule has 0 aromatic rings. The number of rotatable bonds is 6. The Morgan fingerprint density at radius 2 is 1.80 bits per heavy atom. The van der Waals surface area contributed by atoms with Crippen LogP contribution in [0.1, 0.15) is 13.8 Å². The number of carbonyl (C=O) groups is 2. The Morgan fingerprint density at radius 3 is 2.25 bits per heavy atom. The van der Waals surface area contributed by atoms with E-state index in [0.29, 0.717) is 19.6 Å². The molecule has 20 heavy (non-hydrogen) atoms. The number of aliphatic carboxylic acids is 1. The Labute approximate surface area is 118 Å². The number of nitrogens with one attached hydrogen (secondary N) is 1. The van der Waals surface area contributed by atoms with Crippen molar-refractivity contribution >= 4 is 21.9 Å². The molecule has 1 aliphatic heterocycles. The van der Waals surface area contributed by atoms with Crippen LogP contribution < -0.4 is 5.32 Å². The van der Waals surface area contributed by atoms with Gasteiger partial charge in [-0.15, -0.1) is 0 Å². The first-order valence-electron chi connectivity index (χ1n) is 6.49. The smallest absolute Gasteiger partial charge is 0.323 e. The van der Waals surface area contributed by atoms with Crippen molar-refractivity contribution in [2.75, 3.05) is 39.3 Å². The van der Waals surface area contributed by atoms with Gasteiger partial charge < -0.3 is 10.4 Å². The lowest BCUT2D eigenvalue weighted by atomic mass is 10.3. The lowest BCUT2D eigenvalue weighted by Gasteiger charge is -2.34. The van der Waals surface area contributed by atoms with Crippen LogP contribution in [0, 0.1) is 0 Å². The molecule has 0 aromatic carbocycles. The highest BCUT2D eigenvalue weighted by molar-refractivity contribution is 7.90. The fraction of sp³-hybridized carbons (Fsp3) is 0.818. The highest BCUT2D eigenvalue weighted by Gasteiger charge is 2.35. The minimum absolute atomic E-state index is 0.0947. The van der Waals surface area contributed by atoms with E-state index in [0.717, 1.165) is 0 Å². The third-order valence-corrected chi connectivity index (χ3v) is 5.41. The van der Waals surface area contributed by atoms with Gasteiger partial charge in [-0.3, -0.25) is 14.5 Å². The van der Waals surface area contributed by atoms with Crippen molar-refractivity contribution in [3.63, 3.8) is 0 Å². The maximum Gasteiger partial charge on any atom is 0.323 e. The van der Waals surface area contributed by atoms with Crippen LogP contribution >= 0.6 is 0 Å². The van der Waals surface area contributed by atoms with Gasteiger partial charge in [0.15, 0.2) is 5.25 Å². The van der Waals surface area contributed by atoms with Crippen molar-refractivity contribution in [3.8, 4) is 0 Å². The topological polar surface area (TPSA) is 107 Å². The van der Waals surface area contributed by atoms with Gasteiger partial charge in [0.2, 0.25) is 15.9 Å². The Bertz CT molecular complexity index is 457. The number of hydrogen-bond donors (Lipinski definition) is 2. The Balaban J connectivity index is 2.54. The van der Waals surface area contributed by atoms with Crippen LogP contribution in [0.25, 0.3) is 0 Å². The minimum atomic E-state index is -3.82. The maximum atomic E-state index is 12.0. The highest BCUT2D eigenvalue weighted by atomic mass is 32.2. The SMILES string of the molecule is CCNC(=O)CN1CCN(S(=O)(=O)C(C)C(=O)O)CC1. The summed E-state index contributed by atoms with van der Waals surface area (Å²) in [5, 5.41) is 10.0. The molecule has 1 unspecified atom stereocenters. The number of carbonyl (C=O) groups excluding carboxylic acids is 1. The Hall–Kier alpha value is -1.19. The van der Waals surface area contributed by atoms with Crippen molar-refractivity contribution in [1.29, 1.82) is 0 Å². The molecule has 0 aromatic heterocycles. The third-order valence-electron chi connectivity index (χ3n) is 3.23. The molecule has 9 heteroatoms. The lowest BCUT2D eigenvalue weighted by Crippen LogP contribution is -2.53. The van der Waals surface area contributed by atoms with Crippen LogP contribution in [-0.4, -0.2) is 79.1 Å². The number of amides is 1. The molecule has 0 radical (unpaired) electrons. The zero-order chi connectivity index (χ0) is 15.3. The van der Waals surface area contributed by atoms with Crippen LogP contribution in [0.3, 0.4) is 0 Å². The van der Waals surface area contributed by atoms with E-state index in [1.165, 1.54) is 11.2 Å². The number of piperazine rings is 1. The fourth-order valence-corrected chi connectivity index (χ4v) is 3.32. The van der Waals surface area contributed by atoms with Gasteiger partial charge in [0.25, 0.3) is 0 Å². The number of nitrogens with zero attached hydrogens (tertiary/aromatic N) is 2. The van der Waals surface area contributed by atoms with Crippen LogP contribution in [-0.2, 0) is 19.6 Å². The van der Waals surface area contributed by atoms with Gasteiger partial charge in [0.1, 0.15) is 0 Å². The van der Waals surface area contributed by atoms with Crippen LogP contribution in [0.4, 0.5) is 0 Å². The number of sulfonamides is 1. The Kier molecular flexibility index (Phi) is 5.90. The standard InChI is InChI=1S/C11H21N3O5S/c1-3-12-10(15)8-13-4-6-14(7-5-13)20(18,19)9(2)11(16)17/h9H,3-8H2,1-2H3,(H,12,15)(H,16,17). The summed E-state index contributed by atoms with van der Waals surface area (Å²) in [6.45, 7) is 5.04. The fourth-order valence-electron chi connectivity index (χ4n) is 1.95. The summed E-state index contributed by atoms with van der Waals surface area (Å²) in [5.41, 5.74) is 0. The minimum Gasteiger partial charge on any atom is -0.480 e. The van der Waals surface area contributed by atoms with E-state index < -0.39 is 21.2 Å². The molecule has 1 heterocycles. The number of carboxylic acid groups (broad SMARTS) is 1. The Morgan fingerprint density at radius 1 is 1.25 bits per heavy atom. The second kappa shape index (κ2) is 7.00. The van der Waals surface area contributed by atoms with Crippen LogP contribution in [0.15, 0.2) is 0 Å². The van der Waals surface area contributed by atoms with Gasteiger partial charge in [0.05, 0.1) is 6.54 Å². The summed E-state index contributed by atoms with van der Waals surface area (Å²) < 4.78 is 25.2. The van der Waals surface area contributed by atoms with Crippen molar-refractivity contribution in [2.45, 2.75) is 19.1 Å². The van der Waals surface area contributed by atoms with Gasteiger partial charge in [0, 0.05) is 32.7 Å². The summed E-state index contributed by atoms with van der Waals surface area (Å²) >= 11 is 0. The monoisotopic (exact) mass is 307 g/mol. The second-order valence-corrected chi connectivity index (χ2v) is 6.91. The van der Waals surface area contributed by atoms with E-state index in [9.17, 15) is 18.0 Å². The van der Waals surface area contributed by atoms with E-state index in [1.54, 1.807) is 0 Å². The normalized spacial score (nSPS) is 19.5. The summed E-state index contributed by atoms with van der Waals surface area (Å²) in [7, 11) is -3.82. The van der Waals surface area contributed by atoms with E-state index >= 15 is 0 Å². The van der Waals surface area contributed by atoms with Crippen molar-refractivity contribution in [3.05, 3.63) is 0 Å². The summed E-state index contributed by atoms with van der Waals surface area (Å²) in [4.78, 5) is 24.1. The summed E-state index contributed by atoms with van der Waals surface area (Å²) in [6, 6.07) is 0. The van der Waals surface area contributed by atoms with Crippen molar-refractivity contribution in [1.82, 2.24) is 14.5 Å². The van der Waals surface area contributed by atoms with Gasteiger partial charge in [-0.2, -0.15) is 4.31 Å². The van der Waals surface area contributed by atoms with Crippen molar-refractivity contribution < 1.29 is 23.1 Å². The van der Waals surface area contributed by atoms with Gasteiger partial charge in [-0.05, 0) is 13.8 Å².